The Morgan fingerprint density at radius 2 is 1.76 bits per heavy atom. The second kappa shape index (κ2) is 6.14. The standard InChI is InChI=1S/C13H11N3O4S/c17-12(18)7-6-10-8-14-13(15-9-10)16-21(19,20)11-4-2-1-3-5-11/h1-9H,(H,17,18)(H,14,15,16)/b7-6+. The molecule has 1 aromatic carbocycles. The van der Waals surface area contributed by atoms with Gasteiger partial charge in [-0.1, -0.05) is 18.2 Å². The van der Waals surface area contributed by atoms with Crippen molar-refractivity contribution in [2.45, 2.75) is 4.90 Å². The summed E-state index contributed by atoms with van der Waals surface area (Å²) >= 11 is 0. The molecule has 2 rings (SSSR count). The first-order valence-electron chi connectivity index (χ1n) is 5.78. The van der Waals surface area contributed by atoms with E-state index in [2.05, 4.69) is 14.7 Å². The Morgan fingerprint density at radius 1 is 1.14 bits per heavy atom. The second-order valence-electron chi connectivity index (χ2n) is 3.93. The molecule has 0 saturated heterocycles. The molecule has 2 N–H and O–H groups in total. The van der Waals surface area contributed by atoms with E-state index in [1.165, 1.54) is 30.6 Å². The number of carboxylic acids is 1. The lowest BCUT2D eigenvalue weighted by Gasteiger charge is -2.06. The quantitative estimate of drug-likeness (QED) is 0.808. The molecule has 21 heavy (non-hydrogen) atoms. The van der Waals surface area contributed by atoms with Gasteiger partial charge in [-0.3, -0.25) is 0 Å². The van der Waals surface area contributed by atoms with Crippen molar-refractivity contribution in [3.63, 3.8) is 0 Å². The molecule has 0 aliphatic rings. The maximum atomic E-state index is 12.0. The summed E-state index contributed by atoms with van der Waals surface area (Å²) in [7, 11) is -3.74. The number of hydrogen-bond acceptors (Lipinski definition) is 5. The van der Waals surface area contributed by atoms with Gasteiger partial charge in [0.25, 0.3) is 10.0 Å². The minimum Gasteiger partial charge on any atom is -0.478 e. The third kappa shape index (κ3) is 4.11. The molecule has 0 amide bonds. The molecule has 2 aromatic rings. The molecule has 0 radical (unpaired) electrons. The highest BCUT2D eigenvalue weighted by Gasteiger charge is 2.14. The molecule has 108 valence electrons. The Balaban J connectivity index is 2.15. The van der Waals surface area contributed by atoms with Crippen LogP contribution in [0.15, 0.2) is 53.7 Å². The van der Waals surface area contributed by atoms with E-state index in [4.69, 9.17) is 5.11 Å². The highest BCUT2D eigenvalue weighted by molar-refractivity contribution is 7.92. The number of nitrogens with one attached hydrogen (secondary N) is 1. The van der Waals surface area contributed by atoms with Crippen LogP contribution in [0.25, 0.3) is 6.08 Å². The largest absolute Gasteiger partial charge is 0.478 e. The second-order valence-corrected chi connectivity index (χ2v) is 5.61. The number of sulfonamides is 1. The first-order chi connectivity index (χ1) is 9.97. The minimum atomic E-state index is -3.74. The van der Waals surface area contributed by atoms with Gasteiger partial charge in [-0.05, 0) is 18.2 Å². The van der Waals surface area contributed by atoms with Crippen LogP contribution < -0.4 is 4.72 Å². The van der Waals surface area contributed by atoms with Crippen LogP contribution in [0.3, 0.4) is 0 Å². The highest BCUT2D eigenvalue weighted by Crippen LogP contribution is 2.12. The van der Waals surface area contributed by atoms with Crippen LogP contribution >= 0.6 is 0 Å². The first kappa shape index (κ1) is 14.7. The van der Waals surface area contributed by atoms with Gasteiger partial charge >= 0.3 is 5.97 Å². The summed E-state index contributed by atoms with van der Waals surface area (Å²) in [5.74, 6) is -1.19. The summed E-state index contributed by atoms with van der Waals surface area (Å²) in [5, 5.41) is 8.49. The van der Waals surface area contributed by atoms with Gasteiger partial charge in [0.05, 0.1) is 4.90 Å². The van der Waals surface area contributed by atoms with Gasteiger partial charge < -0.3 is 5.11 Å². The SMILES string of the molecule is O=C(O)/C=C/c1cnc(NS(=O)(=O)c2ccccc2)nc1. The summed E-state index contributed by atoms with van der Waals surface area (Å²) in [4.78, 5) is 18.1. The van der Waals surface area contributed by atoms with Crippen LogP contribution in [0.5, 0.6) is 0 Å². The van der Waals surface area contributed by atoms with Crippen LogP contribution in [-0.4, -0.2) is 29.5 Å². The van der Waals surface area contributed by atoms with Crippen LogP contribution in [0.2, 0.25) is 0 Å². The zero-order valence-electron chi connectivity index (χ0n) is 10.7. The van der Waals surface area contributed by atoms with Gasteiger partial charge in [-0.2, -0.15) is 0 Å². The molecule has 1 aromatic heterocycles. The first-order valence-corrected chi connectivity index (χ1v) is 7.26. The summed E-state index contributed by atoms with van der Waals surface area (Å²) < 4.78 is 26.3. The number of carbonyl (C=O) groups is 1. The molecule has 1 heterocycles. The van der Waals surface area contributed by atoms with Crippen LogP contribution in [0, 0.1) is 0 Å². The van der Waals surface area contributed by atoms with Crippen molar-refractivity contribution in [3.05, 3.63) is 54.4 Å². The van der Waals surface area contributed by atoms with Crippen LogP contribution in [0.4, 0.5) is 5.95 Å². The number of carboxylic acid groups (broad SMARTS) is 1. The van der Waals surface area contributed by atoms with Crippen molar-refractivity contribution in [3.8, 4) is 0 Å². The summed E-state index contributed by atoms with van der Waals surface area (Å²) in [5.41, 5.74) is 0.444. The molecule has 0 atom stereocenters. The Hall–Kier alpha value is -2.74. The Morgan fingerprint density at radius 3 is 2.33 bits per heavy atom. The Bertz CT molecular complexity index is 756. The number of nitrogens with zero attached hydrogens (tertiary/aromatic N) is 2. The average molecular weight is 305 g/mol. The lowest BCUT2D eigenvalue weighted by Crippen LogP contribution is -2.14. The van der Waals surface area contributed by atoms with Crippen molar-refractivity contribution in [2.24, 2.45) is 0 Å². The van der Waals surface area contributed by atoms with E-state index in [0.29, 0.717) is 5.56 Å². The van der Waals surface area contributed by atoms with E-state index in [-0.39, 0.29) is 10.8 Å². The topological polar surface area (TPSA) is 109 Å². The maximum absolute atomic E-state index is 12.0. The molecule has 0 aliphatic carbocycles. The molecule has 7 nitrogen and oxygen atoms in total. The smallest absolute Gasteiger partial charge is 0.328 e. The van der Waals surface area contributed by atoms with Crippen molar-refractivity contribution in [2.75, 3.05) is 4.72 Å². The van der Waals surface area contributed by atoms with Gasteiger partial charge in [-0.15, -0.1) is 0 Å². The lowest BCUT2D eigenvalue weighted by atomic mass is 10.3. The van der Waals surface area contributed by atoms with Gasteiger partial charge in [0.15, 0.2) is 0 Å². The van der Waals surface area contributed by atoms with E-state index in [1.54, 1.807) is 18.2 Å². The normalized spacial score (nSPS) is 11.4. The van der Waals surface area contributed by atoms with Crippen molar-refractivity contribution < 1.29 is 18.3 Å². The molecule has 0 fully saturated rings. The molecule has 0 saturated carbocycles. The Labute approximate surface area is 121 Å². The fourth-order valence-electron chi connectivity index (χ4n) is 1.42. The van der Waals surface area contributed by atoms with E-state index in [1.807, 2.05) is 0 Å². The van der Waals surface area contributed by atoms with Gasteiger partial charge in [0.2, 0.25) is 5.95 Å². The molecule has 0 aliphatic heterocycles. The zero-order chi connectivity index (χ0) is 15.3. The predicted molar refractivity (Wildman–Crippen MR) is 76.0 cm³/mol. The van der Waals surface area contributed by atoms with E-state index >= 15 is 0 Å². The number of hydrogen-bond donors (Lipinski definition) is 2. The van der Waals surface area contributed by atoms with Gasteiger partial charge in [-0.25, -0.2) is 27.9 Å². The van der Waals surface area contributed by atoms with Crippen molar-refractivity contribution in [1.29, 1.82) is 0 Å². The van der Waals surface area contributed by atoms with Crippen LogP contribution in [0.1, 0.15) is 5.56 Å². The Kier molecular flexibility index (Phi) is 4.29. The van der Waals surface area contributed by atoms with E-state index in [0.717, 1.165) is 6.08 Å². The third-order valence-electron chi connectivity index (χ3n) is 2.37. The average Bonchev–Trinajstić information content (AvgIpc) is 2.47. The summed E-state index contributed by atoms with van der Waals surface area (Å²) in [6, 6.07) is 7.82. The summed E-state index contributed by atoms with van der Waals surface area (Å²) in [6.45, 7) is 0. The molecule has 0 spiro atoms. The highest BCUT2D eigenvalue weighted by atomic mass is 32.2. The lowest BCUT2D eigenvalue weighted by molar-refractivity contribution is -0.131. The fraction of sp³-hybridized carbons (Fsp3) is 0. The molecular weight excluding hydrogens is 294 g/mol. The van der Waals surface area contributed by atoms with Crippen molar-refractivity contribution in [1.82, 2.24) is 9.97 Å². The van der Waals surface area contributed by atoms with Gasteiger partial charge in [0, 0.05) is 24.0 Å². The van der Waals surface area contributed by atoms with E-state index in [9.17, 15) is 13.2 Å². The van der Waals surface area contributed by atoms with Crippen LogP contribution in [-0.2, 0) is 14.8 Å². The molecule has 0 bridgehead atoms. The molecular formula is C13H11N3O4S. The molecule has 0 unspecified atom stereocenters. The van der Waals surface area contributed by atoms with Gasteiger partial charge in [0.1, 0.15) is 0 Å². The predicted octanol–water partition coefficient (Wildman–Crippen LogP) is 1.38. The number of aliphatic carboxylic acids is 1. The number of rotatable bonds is 5. The zero-order valence-corrected chi connectivity index (χ0v) is 11.5. The number of benzene rings is 1. The number of anilines is 1. The van der Waals surface area contributed by atoms with E-state index < -0.39 is 16.0 Å². The fourth-order valence-corrected chi connectivity index (χ4v) is 2.40. The van der Waals surface area contributed by atoms with Crippen molar-refractivity contribution >= 4 is 28.0 Å². The monoisotopic (exact) mass is 305 g/mol. The maximum Gasteiger partial charge on any atom is 0.328 e. The summed E-state index contributed by atoms with van der Waals surface area (Å²) in [6.07, 6.45) is 4.87. The third-order valence-corrected chi connectivity index (χ3v) is 3.71. The minimum absolute atomic E-state index is 0.0914. The number of aromatic nitrogens is 2. The molecule has 8 heteroatoms.